The third-order valence-corrected chi connectivity index (χ3v) is 4.08. The van der Waals surface area contributed by atoms with Crippen LogP contribution in [0.3, 0.4) is 0 Å². The summed E-state index contributed by atoms with van der Waals surface area (Å²) >= 11 is 0. The van der Waals surface area contributed by atoms with Gasteiger partial charge in [0.05, 0.1) is 0 Å². The number of nitrogens with one attached hydrogen (secondary N) is 1. The fraction of sp³-hybridized carbons (Fsp3) is 0.0526. The number of nitrogens with two attached hydrogens (primary N) is 1. The van der Waals surface area contributed by atoms with Crippen molar-refractivity contribution in [1.29, 1.82) is 0 Å². The maximum absolute atomic E-state index is 5.83. The van der Waals surface area contributed by atoms with Crippen molar-refractivity contribution < 1.29 is 0 Å². The molecule has 1 heterocycles. The molecule has 2 nitrogen and oxygen atoms in total. The molecule has 0 radical (unpaired) electrons. The highest BCUT2D eigenvalue weighted by atomic mass is 14.9. The van der Waals surface area contributed by atoms with Crippen LogP contribution in [0, 0.1) is 0 Å². The van der Waals surface area contributed by atoms with E-state index in [0.29, 0.717) is 0 Å². The highest BCUT2D eigenvalue weighted by Crippen LogP contribution is 2.44. The fourth-order valence-electron chi connectivity index (χ4n) is 3.09. The van der Waals surface area contributed by atoms with Crippen LogP contribution in [0.15, 0.2) is 72.8 Å². The maximum atomic E-state index is 5.83. The third-order valence-electron chi connectivity index (χ3n) is 4.08. The van der Waals surface area contributed by atoms with Gasteiger partial charge in [0.2, 0.25) is 0 Å². The van der Waals surface area contributed by atoms with Gasteiger partial charge in [-0.3, -0.25) is 0 Å². The largest absolute Gasteiger partial charge is 0.399 e. The van der Waals surface area contributed by atoms with E-state index in [4.69, 9.17) is 5.73 Å². The van der Waals surface area contributed by atoms with Crippen molar-refractivity contribution in [3.63, 3.8) is 0 Å². The Morgan fingerprint density at radius 1 is 0.667 bits per heavy atom. The molecular formula is C19H16N2. The zero-order valence-electron chi connectivity index (χ0n) is 11.6. The number of para-hydroxylation sites is 2. The van der Waals surface area contributed by atoms with E-state index in [1.54, 1.807) is 0 Å². The van der Waals surface area contributed by atoms with Gasteiger partial charge in [0.1, 0.15) is 0 Å². The molecule has 2 heteroatoms. The molecule has 102 valence electrons. The molecule has 0 aromatic heterocycles. The predicted octanol–water partition coefficient (Wildman–Crippen LogP) is 4.51. The van der Waals surface area contributed by atoms with Gasteiger partial charge in [-0.2, -0.15) is 0 Å². The Morgan fingerprint density at radius 3 is 1.76 bits per heavy atom. The van der Waals surface area contributed by atoms with Crippen LogP contribution in [0.25, 0.3) is 0 Å². The van der Waals surface area contributed by atoms with Gasteiger partial charge in [0, 0.05) is 23.0 Å². The van der Waals surface area contributed by atoms with Crippen LogP contribution in [0.5, 0.6) is 0 Å². The molecule has 0 saturated heterocycles. The first-order valence-electron chi connectivity index (χ1n) is 7.13. The molecule has 3 aromatic rings. The smallest absolute Gasteiger partial charge is 0.0426 e. The van der Waals surface area contributed by atoms with Crippen LogP contribution in [-0.4, -0.2) is 0 Å². The first kappa shape index (κ1) is 12.0. The average Bonchev–Trinajstić information content (AvgIpc) is 2.53. The lowest BCUT2D eigenvalue weighted by atomic mass is 9.81. The van der Waals surface area contributed by atoms with E-state index >= 15 is 0 Å². The Kier molecular flexibility index (Phi) is 2.68. The molecule has 4 rings (SSSR count). The summed E-state index contributed by atoms with van der Waals surface area (Å²) in [7, 11) is 0. The molecule has 21 heavy (non-hydrogen) atoms. The van der Waals surface area contributed by atoms with Crippen LogP contribution in [0.4, 0.5) is 17.1 Å². The van der Waals surface area contributed by atoms with E-state index in [9.17, 15) is 0 Å². The molecule has 0 unspecified atom stereocenters. The van der Waals surface area contributed by atoms with Gasteiger partial charge in [-0.15, -0.1) is 0 Å². The van der Waals surface area contributed by atoms with Crippen molar-refractivity contribution >= 4 is 17.1 Å². The molecule has 3 N–H and O–H groups in total. The molecular weight excluding hydrogens is 256 g/mol. The summed E-state index contributed by atoms with van der Waals surface area (Å²) < 4.78 is 0. The van der Waals surface area contributed by atoms with Crippen LogP contribution < -0.4 is 11.1 Å². The summed E-state index contributed by atoms with van der Waals surface area (Å²) in [6.07, 6.45) is 0. The van der Waals surface area contributed by atoms with Crippen LogP contribution in [0.1, 0.15) is 22.6 Å². The van der Waals surface area contributed by atoms with E-state index < -0.39 is 0 Å². The summed E-state index contributed by atoms with van der Waals surface area (Å²) in [6, 6.07) is 25.2. The fourth-order valence-corrected chi connectivity index (χ4v) is 3.09. The molecule has 3 aromatic carbocycles. The number of nitrogen functional groups attached to an aromatic ring is 1. The second-order valence-electron chi connectivity index (χ2n) is 5.40. The Labute approximate surface area is 124 Å². The van der Waals surface area contributed by atoms with Gasteiger partial charge in [0.15, 0.2) is 0 Å². The summed E-state index contributed by atoms with van der Waals surface area (Å²) in [4.78, 5) is 0. The lowest BCUT2D eigenvalue weighted by molar-refractivity contribution is 0.965. The van der Waals surface area contributed by atoms with Gasteiger partial charge in [-0.05, 0) is 41.0 Å². The number of hydrogen-bond donors (Lipinski definition) is 2. The van der Waals surface area contributed by atoms with Crippen molar-refractivity contribution in [2.75, 3.05) is 11.1 Å². The third kappa shape index (κ3) is 1.96. The highest BCUT2D eigenvalue weighted by molar-refractivity contribution is 5.75. The minimum Gasteiger partial charge on any atom is -0.399 e. The molecule has 0 bridgehead atoms. The van der Waals surface area contributed by atoms with Gasteiger partial charge >= 0.3 is 0 Å². The predicted molar refractivity (Wildman–Crippen MR) is 88.0 cm³/mol. The van der Waals surface area contributed by atoms with Crippen LogP contribution >= 0.6 is 0 Å². The molecule has 1 aliphatic rings. The summed E-state index contributed by atoms with van der Waals surface area (Å²) in [5, 5.41) is 3.53. The Hall–Kier alpha value is -2.74. The summed E-state index contributed by atoms with van der Waals surface area (Å²) in [5.41, 5.74) is 12.9. The monoisotopic (exact) mass is 272 g/mol. The van der Waals surface area contributed by atoms with Gasteiger partial charge in [0.25, 0.3) is 0 Å². The van der Waals surface area contributed by atoms with Gasteiger partial charge in [-0.25, -0.2) is 0 Å². The first-order chi connectivity index (χ1) is 10.3. The molecule has 0 saturated carbocycles. The highest BCUT2D eigenvalue weighted by Gasteiger charge is 2.26. The molecule has 0 amide bonds. The van der Waals surface area contributed by atoms with Crippen LogP contribution in [0.2, 0.25) is 0 Å². The minimum absolute atomic E-state index is 0.249. The second-order valence-corrected chi connectivity index (χ2v) is 5.40. The quantitative estimate of drug-likeness (QED) is 0.500. The van der Waals surface area contributed by atoms with Gasteiger partial charge in [-0.1, -0.05) is 48.5 Å². The van der Waals surface area contributed by atoms with Crippen molar-refractivity contribution in [2.45, 2.75) is 5.92 Å². The molecule has 0 aliphatic carbocycles. The van der Waals surface area contributed by atoms with E-state index in [0.717, 1.165) is 5.69 Å². The van der Waals surface area contributed by atoms with Crippen molar-refractivity contribution in [3.05, 3.63) is 89.5 Å². The number of hydrogen-bond acceptors (Lipinski definition) is 2. The van der Waals surface area contributed by atoms with Gasteiger partial charge < -0.3 is 11.1 Å². The molecule has 0 atom stereocenters. The number of fused-ring (bicyclic) bond motifs is 2. The summed E-state index contributed by atoms with van der Waals surface area (Å²) in [6.45, 7) is 0. The number of rotatable bonds is 1. The number of benzene rings is 3. The lowest BCUT2D eigenvalue weighted by Gasteiger charge is -2.29. The summed E-state index contributed by atoms with van der Waals surface area (Å²) in [5.74, 6) is 0.249. The minimum atomic E-state index is 0.249. The molecule has 0 spiro atoms. The average molecular weight is 272 g/mol. The second kappa shape index (κ2) is 4.67. The Bertz CT molecular complexity index is 745. The topological polar surface area (TPSA) is 38.0 Å². The van der Waals surface area contributed by atoms with Crippen molar-refractivity contribution in [2.24, 2.45) is 0 Å². The molecule has 1 aliphatic heterocycles. The zero-order valence-corrected chi connectivity index (χ0v) is 11.6. The maximum Gasteiger partial charge on any atom is 0.0426 e. The van der Waals surface area contributed by atoms with E-state index in [1.165, 1.54) is 28.1 Å². The Balaban J connectivity index is 1.95. The van der Waals surface area contributed by atoms with Crippen LogP contribution in [-0.2, 0) is 0 Å². The van der Waals surface area contributed by atoms with E-state index in [2.05, 4.69) is 66.0 Å². The van der Waals surface area contributed by atoms with E-state index in [-0.39, 0.29) is 5.92 Å². The Morgan fingerprint density at radius 2 is 1.19 bits per heavy atom. The van der Waals surface area contributed by atoms with Crippen molar-refractivity contribution in [3.8, 4) is 0 Å². The van der Waals surface area contributed by atoms with Crippen molar-refractivity contribution in [1.82, 2.24) is 0 Å². The molecule has 0 fully saturated rings. The SMILES string of the molecule is Nc1ccc(C2c3ccccc3Nc3ccccc32)cc1. The normalized spacial score (nSPS) is 13.1. The lowest BCUT2D eigenvalue weighted by Crippen LogP contribution is -2.13. The number of anilines is 3. The standard InChI is InChI=1S/C19H16N2/c20-14-11-9-13(10-12-14)19-15-5-1-3-7-17(15)21-18-8-4-2-6-16(18)19/h1-12,19,21H,20H2. The zero-order chi connectivity index (χ0) is 14.2. The first-order valence-corrected chi connectivity index (χ1v) is 7.13. The van der Waals surface area contributed by atoms with E-state index in [1.807, 2.05) is 12.1 Å².